The zero-order valence-corrected chi connectivity index (χ0v) is 17.1. The van der Waals surface area contributed by atoms with Crippen molar-refractivity contribution in [3.63, 3.8) is 0 Å². The zero-order chi connectivity index (χ0) is 12.6. The summed E-state index contributed by atoms with van der Waals surface area (Å²) in [5, 5.41) is 0. The number of aromatic nitrogens is 1. The minimum Gasteiger partial charge on any atom is -0.394 e. The molecule has 0 unspecified atom stereocenters. The van der Waals surface area contributed by atoms with Gasteiger partial charge < -0.3 is 10.9 Å². The van der Waals surface area contributed by atoms with Crippen LogP contribution in [0.4, 0.5) is 0 Å². The van der Waals surface area contributed by atoms with Gasteiger partial charge in [0.1, 0.15) is 0 Å². The number of hydrogen-bond donors (Lipinski definition) is 0. The maximum Gasteiger partial charge on any atom is 2.00 e. The fraction of sp³-hybridized carbons (Fsp3) is 0.600. The molecule has 0 amide bonds. The molecule has 0 N–H and O–H groups in total. The molecule has 0 aliphatic rings. The molecule has 1 nitrogen and oxygen atoms in total. The monoisotopic (exact) mass is 372 g/mol. The van der Waals surface area contributed by atoms with E-state index in [9.17, 15) is 0 Å². The van der Waals surface area contributed by atoms with Crippen molar-refractivity contribution >= 4 is 0 Å². The molecule has 0 saturated heterocycles. The Morgan fingerprint density at radius 2 is 1.63 bits per heavy atom. The Morgan fingerprint density at radius 3 is 1.95 bits per heavy atom. The molecule has 0 aliphatic carbocycles. The van der Waals surface area contributed by atoms with Gasteiger partial charge in [-0.3, -0.25) is 0 Å². The van der Waals surface area contributed by atoms with Crippen LogP contribution in [0.3, 0.4) is 0 Å². The van der Waals surface area contributed by atoms with Gasteiger partial charge in [-0.1, -0.05) is 33.2 Å². The minimum absolute atomic E-state index is 0. The fourth-order valence-electron chi connectivity index (χ4n) is 1.02. The van der Waals surface area contributed by atoms with E-state index in [0.717, 1.165) is 6.42 Å². The van der Waals surface area contributed by atoms with E-state index in [1.807, 2.05) is 12.3 Å². The Hall–Kier alpha value is 0.903. The SMILES string of the molecule is CC(C)(C)CCc1cc[c-]nc1.C[C-](C)C.[V+2].[V].[V]. The first-order valence-corrected chi connectivity index (χ1v) is 5.89. The number of rotatable bonds is 2. The first kappa shape index (κ1) is 28.1. The predicted molar refractivity (Wildman–Crippen MR) is 71.1 cm³/mol. The first-order valence-electron chi connectivity index (χ1n) is 5.89. The molecule has 0 fully saturated rings. The normalized spacial score (nSPS) is 9.21. The summed E-state index contributed by atoms with van der Waals surface area (Å²) in [5.74, 6) is 1.42. The van der Waals surface area contributed by atoms with Crippen molar-refractivity contribution in [2.45, 2.75) is 54.4 Å². The third-order valence-electron chi connectivity index (χ3n) is 1.84. The quantitative estimate of drug-likeness (QED) is 0.698. The van der Waals surface area contributed by atoms with Gasteiger partial charge in [0.2, 0.25) is 0 Å². The molecule has 0 aromatic carbocycles. The van der Waals surface area contributed by atoms with Gasteiger partial charge >= 0.3 is 18.6 Å². The van der Waals surface area contributed by atoms with Crippen LogP contribution in [0.15, 0.2) is 18.3 Å². The maximum absolute atomic E-state index is 3.96. The van der Waals surface area contributed by atoms with E-state index in [1.165, 1.54) is 17.9 Å². The molecule has 0 bridgehead atoms. The fourth-order valence-corrected chi connectivity index (χ4v) is 1.02. The smallest absolute Gasteiger partial charge is 0.394 e. The van der Waals surface area contributed by atoms with Gasteiger partial charge in [-0.05, 0) is 18.3 Å². The molecular weight excluding hydrogens is 347 g/mol. The van der Waals surface area contributed by atoms with E-state index in [4.69, 9.17) is 0 Å². The Bertz CT molecular complexity index is 266. The van der Waals surface area contributed by atoms with Crippen molar-refractivity contribution in [1.82, 2.24) is 4.98 Å². The van der Waals surface area contributed by atoms with Crippen molar-refractivity contribution in [2.24, 2.45) is 5.41 Å². The largest absolute Gasteiger partial charge is 2.00 e. The van der Waals surface area contributed by atoms with Gasteiger partial charge in [0.15, 0.2) is 0 Å². The van der Waals surface area contributed by atoms with Crippen LogP contribution < -0.4 is 0 Å². The van der Waals surface area contributed by atoms with Crippen molar-refractivity contribution < 1.29 is 55.7 Å². The van der Waals surface area contributed by atoms with Gasteiger partial charge in [-0.25, -0.2) is 0 Å². The average molecular weight is 372 g/mol. The first-order chi connectivity index (χ1) is 7.31. The van der Waals surface area contributed by atoms with E-state index < -0.39 is 0 Å². The second-order valence-electron chi connectivity index (χ2n) is 5.86. The zero-order valence-electron chi connectivity index (χ0n) is 12.9. The van der Waals surface area contributed by atoms with E-state index in [2.05, 4.69) is 58.8 Å². The number of pyridine rings is 1. The third kappa shape index (κ3) is 24.3. The molecule has 3 radical (unpaired) electrons. The molecule has 105 valence electrons. The summed E-state index contributed by atoms with van der Waals surface area (Å²) in [7, 11) is 0. The van der Waals surface area contributed by atoms with E-state index in [0.29, 0.717) is 5.41 Å². The van der Waals surface area contributed by atoms with Crippen LogP contribution in [0.2, 0.25) is 0 Å². The molecule has 4 heteroatoms. The van der Waals surface area contributed by atoms with Crippen molar-refractivity contribution in [2.75, 3.05) is 0 Å². The van der Waals surface area contributed by atoms with Crippen LogP contribution in [-0.4, -0.2) is 4.98 Å². The van der Waals surface area contributed by atoms with Crippen LogP contribution in [0.5, 0.6) is 0 Å². The molecule has 0 aliphatic heterocycles. The van der Waals surface area contributed by atoms with Crippen LogP contribution >= 0.6 is 0 Å². The molecule has 1 heterocycles. The Balaban J connectivity index is -0.000000144. The number of hydrogen-bond acceptors (Lipinski definition) is 1. The van der Waals surface area contributed by atoms with Crippen molar-refractivity contribution in [3.8, 4) is 0 Å². The van der Waals surface area contributed by atoms with Crippen molar-refractivity contribution in [3.05, 3.63) is 36.0 Å². The van der Waals surface area contributed by atoms with Crippen molar-refractivity contribution in [1.29, 1.82) is 0 Å². The summed E-state index contributed by atoms with van der Waals surface area (Å²) in [5.41, 5.74) is 1.73. The molecule has 1 aromatic rings. The van der Waals surface area contributed by atoms with Gasteiger partial charge in [0, 0.05) is 37.1 Å². The van der Waals surface area contributed by atoms with E-state index >= 15 is 0 Å². The van der Waals surface area contributed by atoms with Crippen LogP contribution in [-0.2, 0) is 62.1 Å². The Morgan fingerprint density at radius 1 is 1.16 bits per heavy atom. The summed E-state index contributed by atoms with van der Waals surface area (Å²) in [6.07, 6.45) is 7.00. The third-order valence-corrected chi connectivity index (χ3v) is 1.84. The Labute approximate surface area is 155 Å². The van der Waals surface area contributed by atoms with Crippen LogP contribution in [0, 0.1) is 17.5 Å². The molecule has 0 saturated carbocycles. The topological polar surface area (TPSA) is 12.9 Å². The molecule has 1 aromatic heterocycles. The van der Waals surface area contributed by atoms with Gasteiger partial charge in [0.25, 0.3) is 0 Å². The van der Waals surface area contributed by atoms with E-state index in [1.54, 1.807) is 0 Å². The molecular formula is C15H25NV3. The summed E-state index contributed by atoms with van der Waals surface area (Å²) in [4.78, 5) is 3.96. The molecule has 0 spiro atoms. The summed E-state index contributed by atoms with van der Waals surface area (Å²) >= 11 is 0. The second-order valence-corrected chi connectivity index (χ2v) is 5.86. The Kier molecular flexibility index (Phi) is 22.6. The van der Waals surface area contributed by atoms with Gasteiger partial charge in [0.05, 0.1) is 0 Å². The minimum atomic E-state index is 0. The van der Waals surface area contributed by atoms with Gasteiger partial charge in [-0.2, -0.15) is 32.9 Å². The second kappa shape index (κ2) is 15.3. The summed E-state index contributed by atoms with van der Waals surface area (Å²) in [6.45, 7) is 13.0. The molecule has 0 atom stereocenters. The number of nitrogens with zero attached hydrogens (tertiary/aromatic N) is 1. The summed E-state index contributed by atoms with van der Waals surface area (Å²) in [6, 6.07) is 3.96. The maximum atomic E-state index is 3.96. The molecule has 19 heavy (non-hydrogen) atoms. The van der Waals surface area contributed by atoms with Crippen LogP contribution in [0.25, 0.3) is 0 Å². The average Bonchev–Trinajstić information content (AvgIpc) is 2.14. The standard InChI is InChI=1S/C11H16N.C4H9.3V/c1-11(2,3)7-6-10-5-4-8-12-9-10;1-4(2)3;;;/h4-5,9H,6-7H2,1-3H3;1-3H3;;;/q2*-1;;;+2. The van der Waals surface area contributed by atoms with Gasteiger partial charge in [-0.15, -0.1) is 5.56 Å². The number of aryl methyl sites for hydroxylation is 1. The van der Waals surface area contributed by atoms with E-state index in [-0.39, 0.29) is 55.7 Å². The summed E-state index contributed by atoms with van der Waals surface area (Å²) < 4.78 is 0. The molecule has 1 rings (SSSR count). The predicted octanol–water partition coefficient (Wildman–Crippen LogP) is 4.47. The van der Waals surface area contributed by atoms with Crippen LogP contribution in [0.1, 0.15) is 53.5 Å².